The molecule has 1 aromatic carbocycles. The number of nitrogens with one attached hydrogen (secondary N) is 1. The Morgan fingerprint density at radius 3 is 2.53 bits per heavy atom. The highest BCUT2D eigenvalue weighted by atomic mass is 16.5. The molecule has 0 fully saturated rings. The van der Waals surface area contributed by atoms with Crippen LogP contribution >= 0.6 is 0 Å². The number of ether oxygens (including phenoxy) is 1. The quantitative estimate of drug-likeness (QED) is 0.517. The number of esters is 1. The molecule has 6 nitrogen and oxygen atoms in total. The second-order valence-electron chi connectivity index (χ2n) is 3.56. The Labute approximate surface area is 98.9 Å². The average molecular weight is 237 g/mol. The first-order valence-corrected chi connectivity index (χ1v) is 4.99. The molecule has 1 unspecified atom stereocenters. The number of carbonyl (C=O) groups is 2. The highest BCUT2D eigenvalue weighted by Crippen LogP contribution is 2.21. The molecule has 92 valence electrons. The minimum absolute atomic E-state index is 0.348. The van der Waals surface area contributed by atoms with Crippen molar-refractivity contribution in [2.24, 2.45) is 5.73 Å². The van der Waals surface area contributed by atoms with Crippen molar-refractivity contribution in [1.82, 2.24) is 0 Å². The highest BCUT2D eigenvalue weighted by molar-refractivity contribution is 5.92. The molecule has 0 radical (unpaired) electrons. The van der Waals surface area contributed by atoms with Crippen molar-refractivity contribution in [3.63, 3.8) is 0 Å². The maximum Gasteiger partial charge on any atom is 0.337 e. The van der Waals surface area contributed by atoms with E-state index in [9.17, 15) is 9.59 Å². The van der Waals surface area contributed by atoms with Gasteiger partial charge in [-0.2, -0.15) is 0 Å². The van der Waals surface area contributed by atoms with Gasteiger partial charge in [-0.3, -0.25) is 4.79 Å². The van der Waals surface area contributed by atoms with Gasteiger partial charge in [0, 0.05) is 0 Å². The van der Waals surface area contributed by atoms with Crippen LogP contribution in [0.1, 0.15) is 17.3 Å². The van der Waals surface area contributed by atoms with Gasteiger partial charge >= 0.3 is 5.97 Å². The topological polar surface area (TPSA) is 107 Å². The number of carbonyl (C=O) groups excluding carboxylic acids is 2. The van der Waals surface area contributed by atoms with Crippen LogP contribution < -0.4 is 16.8 Å². The molecule has 0 aliphatic heterocycles. The Kier molecular flexibility index (Phi) is 3.92. The predicted octanol–water partition coefficient (Wildman–Crippen LogP) is 0.341. The molecule has 0 saturated carbocycles. The summed E-state index contributed by atoms with van der Waals surface area (Å²) in [5, 5.41) is 2.84. The third-order valence-corrected chi connectivity index (χ3v) is 2.27. The third-order valence-electron chi connectivity index (χ3n) is 2.27. The molecular formula is C11H15N3O3. The largest absolute Gasteiger partial charge is 0.465 e. The summed E-state index contributed by atoms with van der Waals surface area (Å²) in [6, 6.07) is 4.09. The number of rotatable bonds is 4. The summed E-state index contributed by atoms with van der Waals surface area (Å²) in [6.45, 7) is 1.62. The van der Waals surface area contributed by atoms with Crippen LogP contribution in [0.5, 0.6) is 0 Å². The average Bonchev–Trinajstić information content (AvgIpc) is 2.30. The number of nitrogen functional groups attached to an aromatic ring is 1. The van der Waals surface area contributed by atoms with Crippen molar-refractivity contribution in [2.75, 3.05) is 18.2 Å². The third kappa shape index (κ3) is 3.10. The number of hydrogen-bond acceptors (Lipinski definition) is 5. The van der Waals surface area contributed by atoms with Gasteiger partial charge in [-0.15, -0.1) is 0 Å². The first-order chi connectivity index (χ1) is 7.95. The lowest BCUT2D eigenvalue weighted by molar-refractivity contribution is -0.118. The van der Waals surface area contributed by atoms with Crippen molar-refractivity contribution in [3.8, 4) is 0 Å². The zero-order valence-corrected chi connectivity index (χ0v) is 9.69. The Balaban J connectivity index is 2.90. The number of primary amides is 1. The van der Waals surface area contributed by atoms with E-state index in [4.69, 9.17) is 11.5 Å². The van der Waals surface area contributed by atoms with Gasteiger partial charge in [-0.1, -0.05) is 0 Å². The molecule has 1 rings (SSSR count). The SMILES string of the molecule is COC(=O)c1ccc(NC(C)C(N)=O)c(N)c1. The van der Waals surface area contributed by atoms with Gasteiger partial charge < -0.3 is 21.5 Å². The van der Waals surface area contributed by atoms with Crippen molar-refractivity contribution >= 4 is 23.3 Å². The van der Waals surface area contributed by atoms with E-state index in [2.05, 4.69) is 10.1 Å². The zero-order valence-electron chi connectivity index (χ0n) is 9.69. The van der Waals surface area contributed by atoms with Crippen molar-refractivity contribution in [2.45, 2.75) is 13.0 Å². The second-order valence-corrected chi connectivity index (χ2v) is 3.56. The van der Waals surface area contributed by atoms with E-state index in [1.165, 1.54) is 13.2 Å². The molecule has 0 bridgehead atoms. The van der Waals surface area contributed by atoms with E-state index in [1.807, 2.05) is 0 Å². The van der Waals surface area contributed by atoms with Crippen LogP contribution in [0.2, 0.25) is 0 Å². The smallest absolute Gasteiger partial charge is 0.337 e. The summed E-state index contributed by atoms with van der Waals surface area (Å²) in [7, 11) is 1.29. The molecular weight excluding hydrogens is 222 g/mol. The standard InChI is InChI=1S/C11H15N3O3/c1-6(10(13)15)14-9-4-3-7(5-8(9)12)11(16)17-2/h3-6,14H,12H2,1-2H3,(H2,13,15). The fourth-order valence-electron chi connectivity index (χ4n) is 1.24. The summed E-state index contributed by atoms with van der Waals surface area (Å²) in [6.07, 6.45) is 0. The maximum atomic E-state index is 11.2. The zero-order chi connectivity index (χ0) is 13.0. The molecule has 0 aliphatic rings. The van der Waals surface area contributed by atoms with E-state index in [0.29, 0.717) is 16.9 Å². The van der Waals surface area contributed by atoms with Crippen LogP contribution in [0.25, 0.3) is 0 Å². The molecule has 17 heavy (non-hydrogen) atoms. The molecule has 1 amide bonds. The number of hydrogen-bond donors (Lipinski definition) is 3. The molecule has 1 atom stereocenters. The number of methoxy groups -OCH3 is 1. The Morgan fingerprint density at radius 2 is 2.06 bits per heavy atom. The van der Waals surface area contributed by atoms with Gasteiger partial charge in [0.25, 0.3) is 0 Å². The highest BCUT2D eigenvalue weighted by Gasteiger charge is 2.12. The molecule has 5 N–H and O–H groups in total. The molecule has 0 saturated heterocycles. The molecule has 0 aromatic heterocycles. The minimum Gasteiger partial charge on any atom is -0.465 e. The first-order valence-electron chi connectivity index (χ1n) is 4.99. The van der Waals surface area contributed by atoms with Gasteiger partial charge in [-0.25, -0.2) is 4.79 Å². The molecule has 6 heteroatoms. The number of benzene rings is 1. The van der Waals surface area contributed by atoms with Crippen LogP contribution in [0.4, 0.5) is 11.4 Å². The Bertz CT molecular complexity index is 446. The van der Waals surface area contributed by atoms with Gasteiger partial charge in [0.2, 0.25) is 5.91 Å². The normalized spacial score (nSPS) is 11.6. The molecule has 0 aliphatic carbocycles. The summed E-state index contributed by atoms with van der Waals surface area (Å²) in [5.74, 6) is -0.951. The fraction of sp³-hybridized carbons (Fsp3) is 0.273. The van der Waals surface area contributed by atoms with Crippen LogP contribution in [-0.2, 0) is 9.53 Å². The molecule has 0 spiro atoms. The van der Waals surface area contributed by atoms with Gasteiger partial charge in [0.15, 0.2) is 0 Å². The summed E-state index contributed by atoms with van der Waals surface area (Å²) in [5.41, 5.74) is 12.1. The predicted molar refractivity (Wildman–Crippen MR) is 64.5 cm³/mol. The van der Waals surface area contributed by atoms with Crippen molar-refractivity contribution < 1.29 is 14.3 Å². The molecule has 1 aromatic rings. The van der Waals surface area contributed by atoms with Crippen molar-refractivity contribution in [1.29, 1.82) is 0 Å². The van der Waals surface area contributed by atoms with E-state index < -0.39 is 17.9 Å². The number of anilines is 2. The number of nitrogens with two attached hydrogens (primary N) is 2. The van der Waals surface area contributed by atoms with E-state index in [-0.39, 0.29) is 0 Å². The lowest BCUT2D eigenvalue weighted by atomic mass is 10.1. The second kappa shape index (κ2) is 5.20. The molecule has 0 heterocycles. The fourth-order valence-corrected chi connectivity index (χ4v) is 1.24. The maximum absolute atomic E-state index is 11.2. The van der Waals surface area contributed by atoms with Gasteiger partial charge in [-0.05, 0) is 25.1 Å². The lowest BCUT2D eigenvalue weighted by Gasteiger charge is -2.14. The van der Waals surface area contributed by atoms with Crippen LogP contribution in [0, 0.1) is 0 Å². The summed E-state index contributed by atoms with van der Waals surface area (Å²) < 4.78 is 4.56. The monoisotopic (exact) mass is 237 g/mol. The van der Waals surface area contributed by atoms with Gasteiger partial charge in [0.05, 0.1) is 24.0 Å². The van der Waals surface area contributed by atoms with Crippen LogP contribution in [-0.4, -0.2) is 25.0 Å². The van der Waals surface area contributed by atoms with E-state index >= 15 is 0 Å². The van der Waals surface area contributed by atoms with E-state index in [0.717, 1.165) is 0 Å². The summed E-state index contributed by atoms with van der Waals surface area (Å²) >= 11 is 0. The first kappa shape index (κ1) is 12.8. The van der Waals surface area contributed by atoms with Crippen molar-refractivity contribution in [3.05, 3.63) is 23.8 Å². The summed E-state index contributed by atoms with van der Waals surface area (Å²) in [4.78, 5) is 22.1. The Morgan fingerprint density at radius 1 is 1.41 bits per heavy atom. The van der Waals surface area contributed by atoms with Crippen LogP contribution in [0.15, 0.2) is 18.2 Å². The minimum atomic E-state index is -0.540. The lowest BCUT2D eigenvalue weighted by Crippen LogP contribution is -2.32. The van der Waals surface area contributed by atoms with Gasteiger partial charge in [0.1, 0.15) is 6.04 Å². The number of amides is 1. The van der Waals surface area contributed by atoms with E-state index in [1.54, 1.807) is 19.1 Å². The van der Waals surface area contributed by atoms with Crippen LogP contribution in [0.3, 0.4) is 0 Å². The Hall–Kier alpha value is -2.24.